The molecule has 1 fully saturated rings. The average Bonchev–Trinajstić information content (AvgIpc) is 2.76. The molecule has 0 N–H and O–H groups in total. The molecule has 4 nitrogen and oxygen atoms in total. The number of halogens is 1. The Balaban J connectivity index is 2.28. The van der Waals surface area contributed by atoms with Gasteiger partial charge in [0.25, 0.3) is 0 Å². The number of anilines is 1. The Morgan fingerprint density at radius 1 is 1.56 bits per heavy atom. The van der Waals surface area contributed by atoms with Crippen molar-refractivity contribution in [2.24, 2.45) is 0 Å². The highest BCUT2D eigenvalue weighted by Gasteiger charge is 2.26. The van der Waals surface area contributed by atoms with Crippen LogP contribution in [0, 0.1) is 6.92 Å². The van der Waals surface area contributed by atoms with Crippen molar-refractivity contribution >= 4 is 17.5 Å². The lowest BCUT2D eigenvalue weighted by atomic mass is 10.2. The summed E-state index contributed by atoms with van der Waals surface area (Å²) in [6.07, 6.45) is 2.26. The van der Waals surface area contributed by atoms with E-state index >= 15 is 0 Å². The first kappa shape index (κ1) is 11.5. The lowest BCUT2D eigenvalue weighted by Gasteiger charge is -2.23. The number of hydrogen-bond acceptors (Lipinski definition) is 4. The van der Waals surface area contributed by atoms with E-state index in [0.717, 1.165) is 31.0 Å². The van der Waals surface area contributed by atoms with Crippen molar-refractivity contribution in [3.8, 4) is 5.88 Å². The highest BCUT2D eigenvalue weighted by atomic mass is 35.5. The van der Waals surface area contributed by atoms with Gasteiger partial charge in [-0.1, -0.05) is 0 Å². The molecular formula is C11H16ClN3O. The van der Waals surface area contributed by atoms with E-state index in [4.69, 9.17) is 16.3 Å². The third kappa shape index (κ3) is 2.21. The van der Waals surface area contributed by atoms with Crippen LogP contribution in [0.25, 0.3) is 0 Å². The fourth-order valence-corrected chi connectivity index (χ4v) is 2.34. The Kier molecular flexibility index (Phi) is 3.49. The maximum Gasteiger partial charge on any atom is 0.229 e. The molecule has 2 heterocycles. The normalized spacial score (nSPS) is 20.2. The zero-order valence-corrected chi connectivity index (χ0v) is 10.4. The van der Waals surface area contributed by atoms with Crippen LogP contribution in [0.3, 0.4) is 0 Å². The van der Waals surface area contributed by atoms with E-state index in [-0.39, 0.29) is 0 Å². The van der Waals surface area contributed by atoms with Gasteiger partial charge in [0.1, 0.15) is 0 Å². The third-order valence-corrected chi connectivity index (χ3v) is 3.20. The van der Waals surface area contributed by atoms with Crippen LogP contribution in [0.15, 0.2) is 6.07 Å². The molecule has 0 spiro atoms. The summed E-state index contributed by atoms with van der Waals surface area (Å²) in [6, 6.07) is 2.18. The number of hydrogen-bond donors (Lipinski definition) is 0. The summed E-state index contributed by atoms with van der Waals surface area (Å²) in [5.74, 6) is 1.97. The number of aromatic nitrogens is 2. The van der Waals surface area contributed by atoms with E-state index in [2.05, 4.69) is 14.9 Å². The number of ether oxygens (including phenoxy) is 1. The van der Waals surface area contributed by atoms with Crippen LogP contribution in [0.1, 0.15) is 18.5 Å². The van der Waals surface area contributed by atoms with E-state index in [1.54, 1.807) is 7.11 Å². The minimum atomic E-state index is 0.355. The van der Waals surface area contributed by atoms with Crippen LogP contribution < -0.4 is 9.64 Å². The molecular weight excluding hydrogens is 226 g/mol. The quantitative estimate of drug-likeness (QED) is 0.759. The van der Waals surface area contributed by atoms with Crippen LogP contribution in [-0.2, 0) is 0 Å². The Hall–Kier alpha value is -1.03. The van der Waals surface area contributed by atoms with Gasteiger partial charge < -0.3 is 9.64 Å². The van der Waals surface area contributed by atoms with Crippen molar-refractivity contribution < 1.29 is 4.74 Å². The molecule has 0 saturated carbocycles. The van der Waals surface area contributed by atoms with Gasteiger partial charge in [0.05, 0.1) is 7.11 Å². The second-order valence-corrected chi connectivity index (χ2v) is 4.30. The first-order valence-corrected chi connectivity index (χ1v) is 6.00. The molecule has 0 radical (unpaired) electrons. The number of rotatable bonds is 3. The maximum atomic E-state index is 5.94. The van der Waals surface area contributed by atoms with Crippen LogP contribution >= 0.6 is 11.6 Å². The molecule has 0 amide bonds. The Labute approximate surface area is 101 Å². The van der Waals surface area contributed by atoms with Crippen molar-refractivity contribution in [2.45, 2.75) is 25.8 Å². The van der Waals surface area contributed by atoms with Gasteiger partial charge in [-0.25, -0.2) is 4.98 Å². The zero-order valence-electron chi connectivity index (χ0n) is 9.61. The summed E-state index contributed by atoms with van der Waals surface area (Å²) in [5.41, 5.74) is 0.919. The van der Waals surface area contributed by atoms with Crippen molar-refractivity contribution in [2.75, 3.05) is 24.4 Å². The first-order chi connectivity index (χ1) is 7.74. The largest absolute Gasteiger partial charge is 0.481 e. The molecule has 0 aromatic carbocycles. The van der Waals surface area contributed by atoms with Crippen molar-refractivity contribution in [1.82, 2.24) is 9.97 Å². The summed E-state index contributed by atoms with van der Waals surface area (Å²) in [4.78, 5) is 11.0. The highest BCUT2D eigenvalue weighted by Crippen LogP contribution is 2.24. The molecule has 1 aliphatic rings. The minimum absolute atomic E-state index is 0.355. The average molecular weight is 242 g/mol. The maximum absolute atomic E-state index is 5.94. The minimum Gasteiger partial charge on any atom is -0.481 e. The fourth-order valence-electron chi connectivity index (χ4n) is 2.02. The zero-order chi connectivity index (χ0) is 11.5. The lowest BCUT2D eigenvalue weighted by molar-refractivity contribution is 0.396. The van der Waals surface area contributed by atoms with Gasteiger partial charge in [-0.05, 0) is 19.8 Å². The summed E-state index contributed by atoms with van der Waals surface area (Å²) >= 11 is 5.94. The van der Waals surface area contributed by atoms with E-state index in [0.29, 0.717) is 17.8 Å². The van der Waals surface area contributed by atoms with Gasteiger partial charge in [-0.3, -0.25) is 0 Å². The van der Waals surface area contributed by atoms with Gasteiger partial charge in [0.2, 0.25) is 11.8 Å². The smallest absolute Gasteiger partial charge is 0.229 e. The van der Waals surface area contributed by atoms with Crippen LogP contribution in [-0.4, -0.2) is 35.5 Å². The van der Waals surface area contributed by atoms with E-state index in [1.165, 1.54) is 0 Å². The molecule has 1 aliphatic heterocycles. The molecule has 1 unspecified atom stereocenters. The Bertz CT molecular complexity index is 372. The Morgan fingerprint density at radius 2 is 2.38 bits per heavy atom. The van der Waals surface area contributed by atoms with E-state index in [1.807, 2.05) is 13.0 Å². The summed E-state index contributed by atoms with van der Waals surface area (Å²) in [5, 5.41) is 0. The lowest BCUT2D eigenvalue weighted by Crippen LogP contribution is -2.32. The number of methoxy groups -OCH3 is 1. The molecule has 88 valence electrons. The molecule has 1 aromatic heterocycles. The summed E-state index contributed by atoms with van der Waals surface area (Å²) < 4.78 is 5.15. The van der Waals surface area contributed by atoms with Gasteiger partial charge in [0.15, 0.2) is 0 Å². The predicted molar refractivity (Wildman–Crippen MR) is 64.4 cm³/mol. The predicted octanol–water partition coefficient (Wildman–Crippen LogP) is 2.00. The Morgan fingerprint density at radius 3 is 3.06 bits per heavy atom. The molecule has 16 heavy (non-hydrogen) atoms. The number of aryl methyl sites for hydroxylation is 1. The summed E-state index contributed by atoms with van der Waals surface area (Å²) in [7, 11) is 1.62. The van der Waals surface area contributed by atoms with Crippen molar-refractivity contribution in [1.29, 1.82) is 0 Å². The molecule has 1 saturated heterocycles. The third-order valence-electron chi connectivity index (χ3n) is 2.84. The van der Waals surface area contributed by atoms with Crippen LogP contribution in [0.5, 0.6) is 5.88 Å². The first-order valence-electron chi connectivity index (χ1n) is 5.47. The van der Waals surface area contributed by atoms with Gasteiger partial charge in [-0.2, -0.15) is 4.98 Å². The molecule has 1 aromatic rings. The van der Waals surface area contributed by atoms with Crippen molar-refractivity contribution in [3.05, 3.63) is 11.8 Å². The molecule has 0 aliphatic carbocycles. The fraction of sp³-hybridized carbons (Fsp3) is 0.636. The number of alkyl halides is 1. The van der Waals surface area contributed by atoms with E-state index < -0.39 is 0 Å². The SMILES string of the molecule is COc1cc(C)nc(N2CCCC2CCl)n1. The summed E-state index contributed by atoms with van der Waals surface area (Å²) in [6.45, 7) is 2.92. The second kappa shape index (κ2) is 4.87. The van der Waals surface area contributed by atoms with Crippen molar-refractivity contribution in [3.63, 3.8) is 0 Å². The van der Waals surface area contributed by atoms with Gasteiger partial charge in [0, 0.05) is 30.2 Å². The topological polar surface area (TPSA) is 38.2 Å². The van der Waals surface area contributed by atoms with Crippen LogP contribution in [0.4, 0.5) is 5.95 Å². The van der Waals surface area contributed by atoms with Gasteiger partial charge in [-0.15, -0.1) is 11.6 Å². The monoisotopic (exact) mass is 241 g/mol. The van der Waals surface area contributed by atoms with Crippen LogP contribution in [0.2, 0.25) is 0 Å². The second-order valence-electron chi connectivity index (χ2n) is 4.00. The standard InChI is InChI=1S/C11H16ClN3O/c1-8-6-10(16-2)14-11(13-8)15-5-3-4-9(15)7-12/h6,9H,3-5,7H2,1-2H3. The molecule has 1 atom stereocenters. The van der Waals surface area contributed by atoms with Gasteiger partial charge >= 0.3 is 0 Å². The number of nitrogens with zero attached hydrogens (tertiary/aromatic N) is 3. The molecule has 0 bridgehead atoms. The van der Waals surface area contributed by atoms with E-state index in [9.17, 15) is 0 Å². The highest BCUT2D eigenvalue weighted by molar-refractivity contribution is 6.18. The molecule has 5 heteroatoms. The molecule has 2 rings (SSSR count).